The molecular formula is C13H14BrNS. The first-order valence-corrected chi connectivity index (χ1v) is 7.14. The van der Waals surface area contributed by atoms with Crippen molar-refractivity contribution in [3.8, 4) is 6.07 Å². The van der Waals surface area contributed by atoms with Gasteiger partial charge in [-0.15, -0.1) is 11.8 Å². The molecule has 0 radical (unpaired) electrons. The van der Waals surface area contributed by atoms with Gasteiger partial charge in [0.25, 0.3) is 0 Å². The molecule has 2 rings (SSSR count). The lowest BCUT2D eigenvalue weighted by atomic mass is 9.99. The van der Waals surface area contributed by atoms with E-state index in [1.54, 1.807) is 11.8 Å². The molecule has 0 spiro atoms. The lowest BCUT2D eigenvalue weighted by Gasteiger charge is -2.25. The molecule has 3 heteroatoms. The quantitative estimate of drug-likeness (QED) is 0.795. The zero-order valence-electron chi connectivity index (χ0n) is 9.24. The molecule has 0 heterocycles. The van der Waals surface area contributed by atoms with E-state index in [4.69, 9.17) is 0 Å². The van der Waals surface area contributed by atoms with Crippen LogP contribution in [0, 0.1) is 17.2 Å². The van der Waals surface area contributed by atoms with Gasteiger partial charge in [0.2, 0.25) is 0 Å². The van der Waals surface area contributed by atoms with Crippen LogP contribution in [-0.2, 0) is 0 Å². The van der Waals surface area contributed by atoms with Crippen LogP contribution in [0.5, 0.6) is 0 Å². The predicted octanol–water partition coefficient (Wildman–Crippen LogP) is 4.62. The van der Waals surface area contributed by atoms with Crippen LogP contribution in [0.1, 0.15) is 26.2 Å². The Morgan fingerprint density at radius 1 is 1.50 bits per heavy atom. The zero-order valence-corrected chi connectivity index (χ0v) is 11.6. The third-order valence-electron chi connectivity index (χ3n) is 3.30. The maximum Gasteiger partial charge on any atom is 0.110 e. The molecule has 2 unspecified atom stereocenters. The molecule has 16 heavy (non-hydrogen) atoms. The van der Waals surface area contributed by atoms with Crippen molar-refractivity contribution in [3.63, 3.8) is 0 Å². The molecule has 84 valence electrons. The van der Waals surface area contributed by atoms with Crippen molar-refractivity contribution in [3.05, 3.63) is 28.7 Å². The Kier molecular flexibility index (Phi) is 3.61. The maximum atomic E-state index is 9.45. The Labute approximate surface area is 109 Å². The molecule has 1 aromatic carbocycles. The Morgan fingerprint density at radius 3 is 2.81 bits per heavy atom. The van der Waals surface area contributed by atoms with Crippen molar-refractivity contribution < 1.29 is 0 Å². The van der Waals surface area contributed by atoms with Crippen LogP contribution >= 0.6 is 27.7 Å². The van der Waals surface area contributed by atoms with Crippen LogP contribution in [0.25, 0.3) is 0 Å². The van der Waals surface area contributed by atoms with Gasteiger partial charge in [-0.1, -0.05) is 25.5 Å². The van der Waals surface area contributed by atoms with E-state index in [1.807, 2.05) is 18.2 Å². The van der Waals surface area contributed by atoms with E-state index in [-0.39, 0.29) is 4.75 Å². The number of hydrogen-bond acceptors (Lipinski definition) is 2. The van der Waals surface area contributed by atoms with Gasteiger partial charge in [0.15, 0.2) is 0 Å². The fourth-order valence-electron chi connectivity index (χ4n) is 2.21. The second-order valence-electron chi connectivity index (χ2n) is 4.33. The Bertz CT molecular complexity index is 426. The summed E-state index contributed by atoms with van der Waals surface area (Å²) in [5.41, 5.74) is 0. The fourth-order valence-corrected chi connectivity index (χ4v) is 4.06. The van der Waals surface area contributed by atoms with E-state index >= 15 is 0 Å². The first-order valence-electron chi connectivity index (χ1n) is 5.53. The van der Waals surface area contributed by atoms with Gasteiger partial charge in [0.05, 0.1) is 6.07 Å². The summed E-state index contributed by atoms with van der Waals surface area (Å²) in [6, 6.07) is 10.7. The van der Waals surface area contributed by atoms with Crippen molar-refractivity contribution in [2.75, 3.05) is 0 Å². The van der Waals surface area contributed by atoms with E-state index in [9.17, 15) is 5.26 Å². The molecule has 0 amide bonds. The highest BCUT2D eigenvalue weighted by molar-refractivity contribution is 9.10. The molecule has 1 saturated carbocycles. The molecule has 0 bridgehead atoms. The predicted molar refractivity (Wildman–Crippen MR) is 71.4 cm³/mol. The Balaban J connectivity index is 2.27. The molecule has 2 atom stereocenters. The highest BCUT2D eigenvalue weighted by Gasteiger charge is 2.41. The third-order valence-corrected chi connectivity index (χ3v) is 5.89. The minimum Gasteiger partial charge on any atom is -0.197 e. The average Bonchev–Trinajstić information content (AvgIpc) is 2.64. The number of halogens is 1. The number of thioether (sulfide) groups is 1. The van der Waals surface area contributed by atoms with Crippen LogP contribution in [-0.4, -0.2) is 4.75 Å². The van der Waals surface area contributed by atoms with Gasteiger partial charge in [0, 0.05) is 9.37 Å². The minimum absolute atomic E-state index is 0.218. The molecule has 1 aliphatic rings. The third kappa shape index (κ3) is 2.14. The molecule has 0 aliphatic heterocycles. The summed E-state index contributed by atoms with van der Waals surface area (Å²) >= 11 is 5.27. The van der Waals surface area contributed by atoms with Gasteiger partial charge in [-0.05, 0) is 46.8 Å². The lowest BCUT2D eigenvalue weighted by Crippen LogP contribution is -2.25. The second kappa shape index (κ2) is 4.81. The number of benzene rings is 1. The first-order chi connectivity index (χ1) is 7.68. The van der Waals surface area contributed by atoms with Crippen LogP contribution < -0.4 is 0 Å². The van der Waals surface area contributed by atoms with Gasteiger partial charge in [0.1, 0.15) is 4.75 Å². The molecule has 1 aliphatic carbocycles. The van der Waals surface area contributed by atoms with Gasteiger partial charge < -0.3 is 0 Å². The topological polar surface area (TPSA) is 23.8 Å². The summed E-state index contributed by atoms with van der Waals surface area (Å²) in [6.07, 6.45) is 3.36. The van der Waals surface area contributed by atoms with E-state index in [0.29, 0.717) is 5.92 Å². The second-order valence-corrected chi connectivity index (χ2v) is 6.55. The normalized spacial score (nSPS) is 28.9. The zero-order chi connectivity index (χ0) is 11.6. The number of nitrogens with zero attached hydrogens (tertiary/aromatic N) is 1. The molecule has 1 aromatic rings. The van der Waals surface area contributed by atoms with Gasteiger partial charge in [-0.2, -0.15) is 5.26 Å². The van der Waals surface area contributed by atoms with E-state index in [2.05, 4.69) is 35.0 Å². The van der Waals surface area contributed by atoms with Crippen molar-refractivity contribution in [1.82, 2.24) is 0 Å². The van der Waals surface area contributed by atoms with Crippen molar-refractivity contribution >= 4 is 27.7 Å². The largest absolute Gasteiger partial charge is 0.197 e. The summed E-state index contributed by atoms with van der Waals surface area (Å²) < 4.78 is 0.873. The molecule has 0 aromatic heterocycles. The SMILES string of the molecule is CC1CCCC1(C#N)Sc1ccccc1Br. The standard InChI is InChI=1S/C13H14BrNS/c1-10-5-4-8-13(10,9-15)16-12-7-3-2-6-11(12)14/h2-3,6-7,10H,4-5,8H2,1H3. The number of nitriles is 1. The molecule has 1 nitrogen and oxygen atoms in total. The van der Waals surface area contributed by atoms with Gasteiger partial charge in [-0.3, -0.25) is 0 Å². The summed E-state index contributed by atoms with van der Waals surface area (Å²) in [5.74, 6) is 0.481. The fraction of sp³-hybridized carbons (Fsp3) is 0.462. The monoisotopic (exact) mass is 295 g/mol. The van der Waals surface area contributed by atoms with E-state index in [1.165, 1.54) is 17.7 Å². The lowest BCUT2D eigenvalue weighted by molar-refractivity contribution is 0.554. The highest BCUT2D eigenvalue weighted by atomic mass is 79.9. The van der Waals surface area contributed by atoms with Gasteiger partial charge >= 0.3 is 0 Å². The van der Waals surface area contributed by atoms with Crippen LogP contribution in [0.3, 0.4) is 0 Å². The average molecular weight is 296 g/mol. The maximum absolute atomic E-state index is 9.45. The summed E-state index contributed by atoms with van der Waals surface area (Å²) in [5, 5.41) is 9.45. The van der Waals surface area contributed by atoms with Crippen LogP contribution in [0.4, 0.5) is 0 Å². The summed E-state index contributed by atoms with van der Waals surface area (Å²) in [7, 11) is 0. The Morgan fingerprint density at radius 2 is 2.25 bits per heavy atom. The Hall–Kier alpha value is -0.460. The van der Waals surface area contributed by atoms with Crippen molar-refractivity contribution in [1.29, 1.82) is 5.26 Å². The number of rotatable bonds is 2. The van der Waals surface area contributed by atoms with Crippen molar-refractivity contribution in [2.45, 2.75) is 35.8 Å². The molecular weight excluding hydrogens is 282 g/mol. The first kappa shape index (κ1) is 12.0. The molecule has 0 N–H and O–H groups in total. The summed E-state index contributed by atoms with van der Waals surface area (Å²) in [4.78, 5) is 1.18. The van der Waals surface area contributed by atoms with Gasteiger partial charge in [-0.25, -0.2) is 0 Å². The summed E-state index contributed by atoms with van der Waals surface area (Å²) in [6.45, 7) is 2.19. The van der Waals surface area contributed by atoms with Crippen LogP contribution in [0.15, 0.2) is 33.6 Å². The van der Waals surface area contributed by atoms with Crippen LogP contribution in [0.2, 0.25) is 0 Å². The smallest absolute Gasteiger partial charge is 0.110 e. The highest BCUT2D eigenvalue weighted by Crippen LogP contribution is 2.49. The molecule has 0 saturated heterocycles. The van der Waals surface area contributed by atoms with E-state index < -0.39 is 0 Å². The number of hydrogen-bond donors (Lipinski definition) is 0. The molecule has 1 fully saturated rings. The van der Waals surface area contributed by atoms with Crippen molar-refractivity contribution in [2.24, 2.45) is 5.92 Å². The van der Waals surface area contributed by atoms with E-state index in [0.717, 1.165) is 10.9 Å². The minimum atomic E-state index is -0.218.